The van der Waals surface area contributed by atoms with E-state index in [2.05, 4.69) is 0 Å². The molecule has 0 heterocycles. The maximum atomic E-state index is 13.7. The van der Waals surface area contributed by atoms with Gasteiger partial charge in [0.25, 0.3) is 0 Å². The Morgan fingerprint density at radius 3 is 1.68 bits per heavy atom. The Kier molecular flexibility index (Phi) is 4.99. The van der Waals surface area contributed by atoms with Crippen LogP contribution >= 0.6 is 0 Å². The van der Waals surface area contributed by atoms with Crippen molar-refractivity contribution in [3.8, 4) is 0 Å². The number of hydrogen-bond acceptors (Lipinski definition) is 0. The summed E-state index contributed by atoms with van der Waals surface area (Å²) in [6, 6.07) is 0. The van der Waals surface area contributed by atoms with E-state index in [1.165, 1.54) is 13.8 Å². The van der Waals surface area contributed by atoms with Gasteiger partial charge in [0.1, 0.15) is 7.28 Å². The summed E-state index contributed by atoms with van der Waals surface area (Å²) < 4.78 is 66.6. The standard InChI is InChI=1S/C13H15BF5/c1-4-5-6-14-13(2,3)7-8(15)10(17)12(19)11(18)9(7)16/h4-6H2,1-3H3. The number of halogens is 5. The van der Waals surface area contributed by atoms with E-state index in [1.807, 2.05) is 6.92 Å². The first-order chi connectivity index (χ1) is 8.74. The fourth-order valence-corrected chi connectivity index (χ4v) is 1.94. The van der Waals surface area contributed by atoms with Crippen LogP contribution in [0.3, 0.4) is 0 Å². The van der Waals surface area contributed by atoms with E-state index < -0.39 is 40.0 Å². The Morgan fingerprint density at radius 2 is 1.26 bits per heavy atom. The maximum Gasteiger partial charge on any atom is 0.200 e. The van der Waals surface area contributed by atoms with Crippen LogP contribution in [0, 0.1) is 29.1 Å². The van der Waals surface area contributed by atoms with E-state index in [0.717, 1.165) is 12.8 Å². The van der Waals surface area contributed by atoms with Crippen LogP contribution in [0.2, 0.25) is 6.32 Å². The maximum absolute atomic E-state index is 13.7. The SMILES string of the molecule is CCCC[B]C(C)(C)c1c(F)c(F)c(F)c(F)c1F. The zero-order valence-electron chi connectivity index (χ0n) is 11.1. The molecule has 0 saturated carbocycles. The molecule has 1 radical (unpaired) electrons. The average Bonchev–Trinajstić information content (AvgIpc) is 2.34. The lowest BCUT2D eigenvalue weighted by Gasteiger charge is -2.26. The molecule has 0 atom stereocenters. The highest BCUT2D eigenvalue weighted by Crippen LogP contribution is 2.32. The first-order valence-corrected chi connectivity index (χ1v) is 6.10. The van der Waals surface area contributed by atoms with Crippen LogP contribution in [0.25, 0.3) is 0 Å². The van der Waals surface area contributed by atoms with Crippen LogP contribution in [-0.4, -0.2) is 7.28 Å². The predicted octanol–water partition coefficient (Wildman–Crippen LogP) is 4.54. The van der Waals surface area contributed by atoms with Gasteiger partial charge in [-0.15, -0.1) is 0 Å². The Hall–Kier alpha value is -1.07. The summed E-state index contributed by atoms with van der Waals surface area (Å²) in [5.74, 6) is -9.43. The lowest BCUT2D eigenvalue weighted by atomic mass is 9.49. The van der Waals surface area contributed by atoms with Gasteiger partial charge >= 0.3 is 0 Å². The molecule has 0 amide bonds. The summed E-state index contributed by atoms with van der Waals surface area (Å²) in [6.07, 6.45) is 2.21. The molecule has 0 nitrogen and oxygen atoms in total. The van der Waals surface area contributed by atoms with Crippen molar-refractivity contribution in [3.63, 3.8) is 0 Å². The minimum atomic E-state index is -2.12. The van der Waals surface area contributed by atoms with Gasteiger partial charge in [-0.1, -0.05) is 39.9 Å². The second-order valence-electron chi connectivity index (χ2n) is 5.01. The van der Waals surface area contributed by atoms with Gasteiger partial charge in [0.05, 0.1) is 0 Å². The second kappa shape index (κ2) is 5.93. The van der Waals surface area contributed by atoms with Crippen molar-refractivity contribution in [2.45, 2.75) is 45.2 Å². The first kappa shape index (κ1) is 16.0. The molecule has 105 valence electrons. The molecule has 0 spiro atoms. The summed E-state index contributed by atoms with van der Waals surface area (Å²) in [7, 11) is 1.58. The van der Waals surface area contributed by atoms with Crippen LogP contribution in [0.5, 0.6) is 0 Å². The van der Waals surface area contributed by atoms with Crippen LogP contribution < -0.4 is 0 Å². The molecule has 0 aliphatic heterocycles. The largest absolute Gasteiger partial charge is 0.203 e. The van der Waals surface area contributed by atoms with Crippen LogP contribution in [0.1, 0.15) is 39.2 Å². The lowest BCUT2D eigenvalue weighted by Crippen LogP contribution is -2.30. The molecule has 0 N–H and O–H groups in total. The molecular weight excluding hydrogens is 262 g/mol. The molecule has 6 heteroatoms. The van der Waals surface area contributed by atoms with Gasteiger partial charge in [-0.25, -0.2) is 22.0 Å². The predicted molar refractivity (Wildman–Crippen MR) is 64.7 cm³/mol. The van der Waals surface area contributed by atoms with Crippen molar-refractivity contribution in [1.82, 2.24) is 0 Å². The molecule has 0 unspecified atom stereocenters. The molecular formula is C13H15BF5. The quantitative estimate of drug-likeness (QED) is 0.244. The molecule has 1 aromatic rings. The first-order valence-electron chi connectivity index (χ1n) is 6.10. The summed E-state index contributed by atoms with van der Waals surface area (Å²) in [5, 5.41) is -1.22. The molecule has 1 aromatic carbocycles. The monoisotopic (exact) mass is 277 g/mol. The van der Waals surface area contributed by atoms with Crippen LogP contribution in [0.4, 0.5) is 22.0 Å². The highest BCUT2D eigenvalue weighted by atomic mass is 19.2. The van der Waals surface area contributed by atoms with Crippen molar-refractivity contribution in [2.75, 3.05) is 0 Å². The van der Waals surface area contributed by atoms with E-state index in [0.29, 0.717) is 6.32 Å². The zero-order valence-corrected chi connectivity index (χ0v) is 11.1. The molecule has 0 fully saturated rings. The average molecular weight is 277 g/mol. The van der Waals surface area contributed by atoms with Crippen molar-refractivity contribution >= 4 is 7.28 Å². The topological polar surface area (TPSA) is 0 Å². The smallest absolute Gasteiger partial charge is 0.200 e. The lowest BCUT2D eigenvalue weighted by molar-refractivity contribution is 0.362. The van der Waals surface area contributed by atoms with Crippen molar-refractivity contribution in [3.05, 3.63) is 34.6 Å². The number of benzene rings is 1. The fraction of sp³-hybridized carbons (Fsp3) is 0.538. The highest BCUT2D eigenvalue weighted by Gasteiger charge is 2.34. The van der Waals surface area contributed by atoms with Gasteiger partial charge in [0, 0.05) is 5.56 Å². The van der Waals surface area contributed by atoms with Gasteiger partial charge < -0.3 is 0 Å². The zero-order chi connectivity index (χ0) is 14.8. The molecule has 0 bridgehead atoms. The van der Waals surface area contributed by atoms with Gasteiger partial charge in [-0.3, -0.25) is 0 Å². The summed E-state index contributed by atoms with van der Waals surface area (Å²) in [4.78, 5) is 0. The third-order valence-electron chi connectivity index (χ3n) is 3.07. The van der Waals surface area contributed by atoms with Crippen molar-refractivity contribution in [2.24, 2.45) is 0 Å². The molecule has 0 aromatic heterocycles. The molecule has 0 aliphatic rings. The van der Waals surface area contributed by atoms with Gasteiger partial charge in [-0.2, -0.15) is 0 Å². The van der Waals surface area contributed by atoms with Crippen molar-refractivity contribution in [1.29, 1.82) is 0 Å². The molecule has 0 saturated heterocycles. The molecule has 19 heavy (non-hydrogen) atoms. The number of rotatable bonds is 5. The summed E-state index contributed by atoms with van der Waals surface area (Å²) in [6.45, 7) is 4.81. The minimum Gasteiger partial charge on any atom is -0.203 e. The van der Waals surface area contributed by atoms with E-state index >= 15 is 0 Å². The van der Waals surface area contributed by atoms with E-state index in [-0.39, 0.29) is 0 Å². The van der Waals surface area contributed by atoms with Gasteiger partial charge in [0.15, 0.2) is 23.3 Å². The number of hydrogen-bond donors (Lipinski definition) is 0. The Labute approximate surface area is 110 Å². The normalized spacial score (nSPS) is 11.8. The van der Waals surface area contributed by atoms with Crippen LogP contribution in [-0.2, 0) is 5.31 Å². The second-order valence-corrected chi connectivity index (χ2v) is 5.01. The van der Waals surface area contributed by atoms with Crippen molar-refractivity contribution < 1.29 is 22.0 Å². The molecule has 0 aliphatic carbocycles. The van der Waals surface area contributed by atoms with Gasteiger partial charge in [-0.05, 0) is 5.31 Å². The minimum absolute atomic E-state index is 0.545. The van der Waals surface area contributed by atoms with Crippen LogP contribution in [0.15, 0.2) is 0 Å². The summed E-state index contributed by atoms with van der Waals surface area (Å²) >= 11 is 0. The third-order valence-corrected chi connectivity index (χ3v) is 3.07. The van der Waals surface area contributed by atoms with E-state index in [9.17, 15) is 22.0 Å². The fourth-order valence-electron chi connectivity index (χ4n) is 1.94. The Balaban J connectivity index is 3.26. The highest BCUT2D eigenvalue weighted by molar-refractivity contribution is 6.39. The Morgan fingerprint density at radius 1 is 0.842 bits per heavy atom. The Bertz CT molecular complexity index is 442. The molecule has 1 rings (SSSR count). The van der Waals surface area contributed by atoms with E-state index in [4.69, 9.17) is 0 Å². The summed E-state index contributed by atoms with van der Waals surface area (Å²) in [5.41, 5.74) is -0.778. The van der Waals surface area contributed by atoms with Gasteiger partial charge in [0.2, 0.25) is 5.82 Å². The van der Waals surface area contributed by atoms with E-state index in [1.54, 1.807) is 7.28 Å². The number of unbranched alkanes of at least 4 members (excludes halogenated alkanes) is 1. The third kappa shape index (κ3) is 3.10.